The molecule has 0 aliphatic heterocycles. The molecule has 0 fully saturated rings. The van der Waals surface area contributed by atoms with E-state index < -0.39 is 0 Å². The van der Waals surface area contributed by atoms with Crippen LogP contribution in [0.5, 0.6) is 0 Å². The molecule has 1 nitrogen and oxygen atoms in total. The molecule has 0 bridgehead atoms. The number of hydrogen-bond acceptors (Lipinski definition) is 1. The van der Waals surface area contributed by atoms with Gasteiger partial charge in [-0.05, 0) is 0 Å². The zero-order valence-corrected chi connectivity index (χ0v) is 8.99. The molecule has 1 aromatic carbocycles. The molecule has 0 saturated heterocycles. The molecule has 0 amide bonds. The third kappa shape index (κ3) is 3.79. The van der Waals surface area contributed by atoms with Crippen molar-refractivity contribution in [1.29, 1.82) is 0 Å². The molecule has 12 heavy (non-hydrogen) atoms. The first-order valence-electron chi connectivity index (χ1n) is 3.72. The molecule has 0 aromatic heterocycles. The van der Waals surface area contributed by atoms with Gasteiger partial charge in [-0.2, -0.15) is 0 Å². The van der Waals surface area contributed by atoms with Crippen molar-refractivity contribution in [3.63, 3.8) is 0 Å². The second kappa shape index (κ2) is 6.09. The van der Waals surface area contributed by atoms with Crippen molar-refractivity contribution in [3.05, 3.63) is 35.9 Å². The number of aliphatic hydroxyl groups is 1. The van der Waals surface area contributed by atoms with E-state index in [1.54, 1.807) is 0 Å². The zero-order valence-electron chi connectivity index (χ0n) is 6.66. The molecule has 0 unspecified atom stereocenters. The molecule has 0 atom stereocenters. The fourth-order valence-corrected chi connectivity index (χ4v) is 1.81. The van der Waals surface area contributed by atoms with Gasteiger partial charge in [-0.1, -0.05) is 0 Å². The van der Waals surface area contributed by atoms with Gasteiger partial charge >= 0.3 is 82.9 Å². The Kier molecular flexibility index (Phi) is 4.88. The van der Waals surface area contributed by atoms with Crippen molar-refractivity contribution < 1.29 is 5.11 Å². The number of hydrogen-bond donors (Lipinski definition) is 1. The maximum atomic E-state index is 8.53. The Hall–Kier alpha value is -0.470. The summed E-state index contributed by atoms with van der Waals surface area (Å²) in [5, 5.41) is 8.53. The Balaban J connectivity index is 2.44. The van der Waals surface area contributed by atoms with Crippen LogP contribution < -0.4 is 0 Å². The summed E-state index contributed by atoms with van der Waals surface area (Å²) in [4.78, 5) is 0. The molecule has 0 radical (unpaired) electrons. The standard InChI is InChI=1S/C10H10OTe/c11-7-9-12-8-6-10-4-2-1-3-5-10/h1-5,11H,7,9H2. The molecule has 0 aliphatic carbocycles. The summed E-state index contributed by atoms with van der Waals surface area (Å²) >= 11 is -0.272. The van der Waals surface area contributed by atoms with E-state index in [9.17, 15) is 0 Å². The molecule has 1 rings (SSSR count). The van der Waals surface area contributed by atoms with Gasteiger partial charge < -0.3 is 0 Å². The molecule has 62 valence electrons. The average molecular weight is 274 g/mol. The van der Waals surface area contributed by atoms with E-state index in [1.165, 1.54) is 0 Å². The first-order valence-corrected chi connectivity index (χ1v) is 6.53. The van der Waals surface area contributed by atoms with E-state index >= 15 is 0 Å². The van der Waals surface area contributed by atoms with Crippen molar-refractivity contribution in [2.75, 3.05) is 6.61 Å². The van der Waals surface area contributed by atoms with Crippen molar-refractivity contribution in [2.24, 2.45) is 0 Å². The van der Waals surface area contributed by atoms with Crippen LogP contribution in [-0.2, 0) is 0 Å². The van der Waals surface area contributed by atoms with Gasteiger partial charge in [-0.15, -0.1) is 0 Å². The van der Waals surface area contributed by atoms with E-state index in [0.29, 0.717) is 0 Å². The van der Waals surface area contributed by atoms with Crippen LogP contribution in [0.1, 0.15) is 5.56 Å². The van der Waals surface area contributed by atoms with Crippen LogP contribution in [0.25, 0.3) is 0 Å². The first-order chi connectivity index (χ1) is 5.93. The third-order valence-corrected chi connectivity index (χ3v) is 3.04. The molecule has 2 heteroatoms. The topological polar surface area (TPSA) is 20.2 Å². The van der Waals surface area contributed by atoms with Crippen molar-refractivity contribution in [2.45, 2.75) is 4.47 Å². The van der Waals surface area contributed by atoms with E-state index in [0.717, 1.165) is 10.0 Å². The molecular weight excluding hydrogens is 264 g/mol. The quantitative estimate of drug-likeness (QED) is 0.486. The zero-order chi connectivity index (χ0) is 8.65. The minimum absolute atomic E-state index is 0.272. The summed E-state index contributed by atoms with van der Waals surface area (Å²) in [5.41, 5.74) is 1.07. The summed E-state index contributed by atoms with van der Waals surface area (Å²) < 4.78 is 4.02. The SMILES string of the molecule is OCC[Te]C#Cc1ccccc1. The molecule has 0 saturated carbocycles. The number of aliphatic hydroxyl groups excluding tert-OH is 1. The summed E-state index contributed by atoms with van der Waals surface area (Å²) in [6, 6.07) is 9.95. The molecule has 1 aromatic rings. The van der Waals surface area contributed by atoms with Crippen LogP contribution in [0.4, 0.5) is 0 Å². The minimum atomic E-state index is -0.272. The summed E-state index contributed by atoms with van der Waals surface area (Å²) in [5.74, 6) is 3.08. The van der Waals surface area contributed by atoms with Crippen LogP contribution in [0.2, 0.25) is 4.47 Å². The van der Waals surface area contributed by atoms with Crippen LogP contribution in [0.15, 0.2) is 30.3 Å². The van der Waals surface area contributed by atoms with E-state index in [1.807, 2.05) is 30.3 Å². The van der Waals surface area contributed by atoms with Crippen LogP contribution in [-0.4, -0.2) is 32.6 Å². The Labute approximate surface area is 82.9 Å². The van der Waals surface area contributed by atoms with E-state index in [4.69, 9.17) is 5.11 Å². The number of benzene rings is 1. The Bertz CT molecular complexity index is 271. The van der Waals surface area contributed by atoms with Gasteiger partial charge in [0.2, 0.25) is 0 Å². The maximum absolute atomic E-state index is 8.53. The van der Waals surface area contributed by atoms with Gasteiger partial charge in [0.1, 0.15) is 0 Å². The average Bonchev–Trinajstić information content (AvgIpc) is 2.14. The predicted molar refractivity (Wildman–Crippen MR) is 51.0 cm³/mol. The predicted octanol–water partition coefficient (Wildman–Crippen LogP) is 1.11. The molecule has 0 heterocycles. The summed E-state index contributed by atoms with van der Waals surface area (Å²) in [7, 11) is 0. The van der Waals surface area contributed by atoms with Gasteiger partial charge in [-0.25, -0.2) is 0 Å². The summed E-state index contributed by atoms with van der Waals surface area (Å²) in [6.45, 7) is 0.283. The molecule has 0 aliphatic rings. The van der Waals surface area contributed by atoms with E-state index in [-0.39, 0.29) is 27.5 Å². The molecule has 1 N–H and O–H groups in total. The normalized spacial score (nSPS) is 8.75. The number of rotatable bonds is 2. The second-order valence-electron chi connectivity index (χ2n) is 2.17. The first kappa shape index (κ1) is 9.62. The van der Waals surface area contributed by atoms with Crippen molar-refractivity contribution in [3.8, 4) is 9.89 Å². The molecular formula is C10H10OTe. The Morgan fingerprint density at radius 2 is 2.00 bits per heavy atom. The van der Waals surface area contributed by atoms with Crippen molar-refractivity contribution >= 4 is 20.9 Å². The van der Waals surface area contributed by atoms with Gasteiger partial charge in [0, 0.05) is 0 Å². The monoisotopic (exact) mass is 276 g/mol. The van der Waals surface area contributed by atoms with Crippen LogP contribution in [0, 0.1) is 9.89 Å². The van der Waals surface area contributed by atoms with Gasteiger partial charge in [-0.3, -0.25) is 0 Å². The van der Waals surface area contributed by atoms with Gasteiger partial charge in [0.05, 0.1) is 0 Å². The third-order valence-electron chi connectivity index (χ3n) is 1.23. The Morgan fingerprint density at radius 1 is 1.25 bits per heavy atom. The fourth-order valence-electron chi connectivity index (χ4n) is 0.713. The molecule has 0 spiro atoms. The van der Waals surface area contributed by atoms with Crippen LogP contribution in [0.3, 0.4) is 0 Å². The van der Waals surface area contributed by atoms with E-state index in [2.05, 4.69) is 9.89 Å². The van der Waals surface area contributed by atoms with Crippen molar-refractivity contribution in [1.82, 2.24) is 0 Å². The van der Waals surface area contributed by atoms with Gasteiger partial charge in [0.15, 0.2) is 0 Å². The van der Waals surface area contributed by atoms with Crippen LogP contribution >= 0.6 is 0 Å². The fraction of sp³-hybridized carbons (Fsp3) is 0.200. The Morgan fingerprint density at radius 3 is 2.67 bits per heavy atom. The summed E-state index contributed by atoms with van der Waals surface area (Å²) in [6.07, 6.45) is 0. The second-order valence-corrected chi connectivity index (χ2v) is 4.74. The van der Waals surface area contributed by atoms with Gasteiger partial charge in [0.25, 0.3) is 0 Å².